The van der Waals surface area contributed by atoms with Gasteiger partial charge in [-0.05, 0) is 19.3 Å². The second-order valence-electron chi connectivity index (χ2n) is 21.0. The molecule has 0 amide bonds. The summed E-state index contributed by atoms with van der Waals surface area (Å²) in [7, 11) is -3.72. The van der Waals surface area contributed by atoms with E-state index in [-0.39, 0.29) is 0 Å². The van der Waals surface area contributed by atoms with Crippen molar-refractivity contribution in [2.45, 2.75) is 361 Å². The lowest BCUT2D eigenvalue weighted by Gasteiger charge is -2.26. The molecule has 0 radical (unpaired) electrons. The molecule has 0 fully saturated rings. The van der Waals surface area contributed by atoms with Crippen molar-refractivity contribution in [1.82, 2.24) is 4.67 Å². The molecule has 5 heteroatoms. The number of nitrogens with zero attached hydrogens (tertiary/aromatic N) is 1. The van der Waals surface area contributed by atoms with E-state index in [1.165, 1.54) is 302 Å². The summed E-state index contributed by atoms with van der Waals surface area (Å²) >= 11 is 0. The zero-order valence-corrected chi connectivity index (χ0v) is 45.7. The van der Waals surface area contributed by atoms with Gasteiger partial charge in [0.05, 0.1) is 6.61 Å². The molecule has 0 aromatic rings. The number of hydrogen-bond donors (Lipinski definition) is 1. The van der Waals surface area contributed by atoms with Gasteiger partial charge in [0.25, 0.3) is 0 Å². The summed E-state index contributed by atoms with van der Waals surface area (Å²) in [5, 5.41) is 0. The third-order valence-electron chi connectivity index (χ3n) is 14.4. The minimum atomic E-state index is -3.72. The van der Waals surface area contributed by atoms with Crippen LogP contribution in [0, 0.1) is 0 Å². The quantitative estimate of drug-likeness (QED) is 0.0488. The first-order valence-corrected chi connectivity index (χ1v) is 31.8. The summed E-state index contributed by atoms with van der Waals surface area (Å²) in [5.74, 6) is 0. The molecule has 0 saturated heterocycles. The van der Waals surface area contributed by atoms with Crippen molar-refractivity contribution in [2.75, 3.05) is 19.7 Å². The summed E-state index contributed by atoms with van der Waals surface area (Å²) in [4.78, 5) is 11.0. The van der Waals surface area contributed by atoms with Gasteiger partial charge in [-0.3, -0.25) is 4.52 Å². The number of hydrogen-bond acceptors (Lipinski definition) is 2. The molecule has 0 aromatic carbocycles. The first-order valence-electron chi connectivity index (χ1n) is 30.3. The second kappa shape index (κ2) is 55.7. The maximum absolute atomic E-state index is 13.4. The van der Waals surface area contributed by atoms with E-state index in [9.17, 15) is 9.46 Å². The second-order valence-corrected chi connectivity index (χ2v) is 22.8. The van der Waals surface area contributed by atoms with Crippen molar-refractivity contribution in [3.63, 3.8) is 0 Å². The van der Waals surface area contributed by atoms with E-state index in [4.69, 9.17) is 4.52 Å². The average molecular weight is 925 g/mol. The molecule has 1 N–H and O–H groups in total. The Labute approximate surface area is 405 Å². The first-order chi connectivity index (χ1) is 31.6. The summed E-state index contributed by atoms with van der Waals surface area (Å²) in [6, 6.07) is 0. The topological polar surface area (TPSA) is 49.8 Å². The predicted octanol–water partition coefficient (Wildman–Crippen LogP) is 22.1. The van der Waals surface area contributed by atoms with Crippen LogP contribution in [0.2, 0.25) is 0 Å². The van der Waals surface area contributed by atoms with Crippen LogP contribution in [0.15, 0.2) is 0 Å². The van der Waals surface area contributed by atoms with E-state index < -0.39 is 7.75 Å². The molecule has 386 valence electrons. The maximum Gasteiger partial charge on any atom is 0.405 e. The van der Waals surface area contributed by atoms with Crippen LogP contribution in [0.1, 0.15) is 361 Å². The standard InChI is InChI=1S/C59H122NO3P/c1-4-7-10-13-15-17-19-21-23-25-27-29-31-33-35-37-39-41-43-45-47-49-51-54-57-60(64(61,62)63-59-56-53-12-9-6-3)58-55-52-50-48-46-44-42-40-38-36-34-32-30-28-26-24-22-20-18-16-14-11-8-5-2/h4-59H2,1-3H3,(H,61,62). The highest BCUT2D eigenvalue weighted by Gasteiger charge is 2.28. The van der Waals surface area contributed by atoms with Crippen LogP contribution in [-0.2, 0) is 9.09 Å². The van der Waals surface area contributed by atoms with Gasteiger partial charge in [0.1, 0.15) is 0 Å². The van der Waals surface area contributed by atoms with Gasteiger partial charge in [0, 0.05) is 13.1 Å². The molecule has 0 aliphatic heterocycles. The summed E-state index contributed by atoms with van der Waals surface area (Å²) in [5.41, 5.74) is 0. The number of unbranched alkanes of at least 4 members (excludes halogenated alkanes) is 50. The molecular formula is C59H122NO3P. The minimum Gasteiger partial charge on any atom is -0.312 e. The van der Waals surface area contributed by atoms with Crippen LogP contribution in [0.25, 0.3) is 0 Å². The lowest BCUT2D eigenvalue weighted by Crippen LogP contribution is -2.24. The zero-order chi connectivity index (χ0) is 46.4. The molecule has 64 heavy (non-hydrogen) atoms. The molecule has 0 bridgehead atoms. The van der Waals surface area contributed by atoms with Crippen molar-refractivity contribution in [1.29, 1.82) is 0 Å². The Morgan fingerprint density at radius 1 is 0.266 bits per heavy atom. The lowest BCUT2D eigenvalue weighted by atomic mass is 10.0. The van der Waals surface area contributed by atoms with E-state index in [0.717, 1.165) is 38.5 Å². The van der Waals surface area contributed by atoms with Gasteiger partial charge in [0.15, 0.2) is 0 Å². The van der Waals surface area contributed by atoms with E-state index in [1.54, 1.807) is 0 Å². The Morgan fingerprint density at radius 3 is 0.609 bits per heavy atom. The van der Waals surface area contributed by atoms with Crippen LogP contribution >= 0.6 is 7.75 Å². The van der Waals surface area contributed by atoms with Crippen molar-refractivity contribution in [3.05, 3.63) is 0 Å². The highest BCUT2D eigenvalue weighted by Crippen LogP contribution is 2.47. The monoisotopic (exact) mass is 924 g/mol. The van der Waals surface area contributed by atoms with E-state index in [1.807, 2.05) is 4.67 Å². The molecule has 1 unspecified atom stereocenters. The highest BCUT2D eigenvalue weighted by atomic mass is 31.2. The van der Waals surface area contributed by atoms with Gasteiger partial charge in [-0.2, -0.15) is 0 Å². The van der Waals surface area contributed by atoms with Crippen LogP contribution < -0.4 is 0 Å². The van der Waals surface area contributed by atoms with Gasteiger partial charge < -0.3 is 4.89 Å². The SMILES string of the molecule is CCCCCCCCCCCCCCCCCCCCCCCCCCN(CCCCCCCCCCCCCCCCCCCCCCCCCC)P(=O)(O)OCCCCCCC. The van der Waals surface area contributed by atoms with Gasteiger partial charge in [-0.15, -0.1) is 0 Å². The Balaban J connectivity index is 3.86. The van der Waals surface area contributed by atoms with Gasteiger partial charge in [-0.1, -0.05) is 342 Å². The molecule has 0 saturated carbocycles. The van der Waals surface area contributed by atoms with Gasteiger partial charge >= 0.3 is 7.75 Å². The van der Waals surface area contributed by atoms with Crippen LogP contribution in [0.3, 0.4) is 0 Å². The molecule has 0 rings (SSSR count). The summed E-state index contributed by atoms with van der Waals surface area (Å²) in [6.07, 6.45) is 72.5. The normalized spacial score (nSPS) is 12.8. The minimum absolute atomic E-state index is 0.410. The zero-order valence-electron chi connectivity index (χ0n) is 44.8. The van der Waals surface area contributed by atoms with Crippen LogP contribution in [0.5, 0.6) is 0 Å². The van der Waals surface area contributed by atoms with Crippen molar-refractivity contribution < 1.29 is 14.0 Å². The smallest absolute Gasteiger partial charge is 0.312 e. The number of rotatable bonds is 58. The van der Waals surface area contributed by atoms with Crippen molar-refractivity contribution in [3.8, 4) is 0 Å². The third-order valence-corrected chi connectivity index (χ3v) is 16.0. The molecule has 0 aromatic heterocycles. The molecule has 4 nitrogen and oxygen atoms in total. The molecular weight excluding hydrogens is 802 g/mol. The molecule has 0 heterocycles. The molecule has 0 aliphatic carbocycles. The largest absolute Gasteiger partial charge is 0.405 e. The fraction of sp³-hybridized carbons (Fsp3) is 1.00. The Hall–Kier alpha value is 0.110. The van der Waals surface area contributed by atoms with Gasteiger partial charge in [-0.25, -0.2) is 9.24 Å². The fourth-order valence-corrected chi connectivity index (χ4v) is 11.2. The molecule has 1 atom stereocenters. The highest BCUT2D eigenvalue weighted by molar-refractivity contribution is 7.50. The van der Waals surface area contributed by atoms with E-state index >= 15 is 0 Å². The van der Waals surface area contributed by atoms with Crippen LogP contribution in [0.4, 0.5) is 0 Å². The first kappa shape index (κ1) is 64.1. The lowest BCUT2D eigenvalue weighted by molar-refractivity contribution is 0.194. The Morgan fingerprint density at radius 2 is 0.422 bits per heavy atom. The molecule has 0 aliphatic rings. The molecule has 0 spiro atoms. The Bertz CT molecular complexity index is 832. The van der Waals surface area contributed by atoms with Crippen LogP contribution in [-0.4, -0.2) is 29.3 Å². The van der Waals surface area contributed by atoms with Crippen molar-refractivity contribution >= 4 is 7.75 Å². The Kier molecular flexibility index (Phi) is 55.8. The third kappa shape index (κ3) is 51.5. The van der Waals surface area contributed by atoms with E-state index in [0.29, 0.717) is 19.7 Å². The summed E-state index contributed by atoms with van der Waals surface area (Å²) < 4.78 is 20.9. The summed E-state index contributed by atoms with van der Waals surface area (Å²) in [6.45, 7) is 8.64. The van der Waals surface area contributed by atoms with Gasteiger partial charge in [0.2, 0.25) is 0 Å². The maximum atomic E-state index is 13.4. The predicted molar refractivity (Wildman–Crippen MR) is 289 cm³/mol. The fourth-order valence-electron chi connectivity index (χ4n) is 9.85. The van der Waals surface area contributed by atoms with E-state index in [2.05, 4.69) is 20.8 Å². The average Bonchev–Trinajstić information content (AvgIpc) is 3.29. The van der Waals surface area contributed by atoms with Crippen molar-refractivity contribution in [2.24, 2.45) is 0 Å².